The number of hydrogen-bond donors (Lipinski definition) is 2. The molecule has 0 aromatic heterocycles. The molecule has 0 atom stereocenters. The van der Waals surface area contributed by atoms with Gasteiger partial charge in [0, 0.05) is 6.42 Å². The maximum Gasteiger partial charge on any atom is 0.0783 e. The first kappa shape index (κ1) is 8.92. The van der Waals surface area contributed by atoms with Crippen molar-refractivity contribution in [3.05, 3.63) is 0 Å². The largest absolute Gasteiger partial charge is 0.335 e. The molecule has 0 aliphatic carbocycles. The lowest BCUT2D eigenvalue weighted by atomic mass is 10.4. The molecule has 2 nitrogen and oxygen atoms in total. The second-order valence-corrected chi connectivity index (χ2v) is 2.35. The van der Waals surface area contributed by atoms with Gasteiger partial charge in [0.05, 0.1) is 19.6 Å². The summed E-state index contributed by atoms with van der Waals surface area (Å²) >= 11 is 0. The first-order chi connectivity index (χ1) is 4.35. The van der Waals surface area contributed by atoms with Crippen molar-refractivity contribution in [1.82, 2.24) is 0 Å². The van der Waals surface area contributed by atoms with Crippen LogP contribution < -0.4 is 10.6 Å². The van der Waals surface area contributed by atoms with Gasteiger partial charge in [-0.25, -0.2) is 0 Å². The maximum atomic E-state index is 5.37. The smallest absolute Gasteiger partial charge is 0.0783 e. The molecule has 0 saturated heterocycles. The van der Waals surface area contributed by atoms with Crippen LogP contribution in [0.4, 0.5) is 0 Å². The number of nitrogens with two attached hydrogens (primary N) is 1. The van der Waals surface area contributed by atoms with Gasteiger partial charge in [0.25, 0.3) is 0 Å². The van der Waals surface area contributed by atoms with Gasteiger partial charge in [-0.15, -0.1) is 0 Å². The van der Waals surface area contributed by atoms with Crippen LogP contribution in [0.25, 0.3) is 0 Å². The highest BCUT2D eigenvalue weighted by Crippen LogP contribution is 1.62. The standard InChI is InChI=1S/C7H18N2/c1-3-9(4-2)7-5-6-8/h3-8H2,1-2H3/p+1. The molecule has 3 N–H and O–H groups in total. The zero-order valence-corrected chi connectivity index (χ0v) is 6.61. The highest BCUT2D eigenvalue weighted by Gasteiger charge is 1.98. The minimum atomic E-state index is 0.837. The van der Waals surface area contributed by atoms with Crippen LogP contribution in [0.1, 0.15) is 20.3 Å². The molecule has 0 aromatic carbocycles. The third kappa shape index (κ3) is 4.43. The zero-order chi connectivity index (χ0) is 7.11. The molecule has 56 valence electrons. The van der Waals surface area contributed by atoms with Crippen LogP contribution in [0.2, 0.25) is 0 Å². The Kier molecular flexibility index (Phi) is 5.99. The van der Waals surface area contributed by atoms with Gasteiger partial charge < -0.3 is 10.6 Å². The summed E-state index contributed by atoms with van der Waals surface area (Å²) < 4.78 is 0. The molecule has 0 spiro atoms. The van der Waals surface area contributed by atoms with Crippen LogP contribution in [0, 0.1) is 0 Å². The van der Waals surface area contributed by atoms with E-state index in [1.807, 2.05) is 0 Å². The molecular formula is C7H19N2+. The van der Waals surface area contributed by atoms with E-state index in [-0.39, 0.29) is 0 Å². The van der Waals surface area contributed by atoms with Crippen LogP contribution >= 0.6 is 0 Å². The highest BCUT2D eigenvalue weighted by atomic mass is 15.1. The van der Waals surface area contributed by atoms with E-state index >= 15 is 0 Å². The Morgan fingerprint density at radius 2 is 1.78 bits per heavy atom. The third-order valence-electron chi connectivity index (χ3n) is 1.73. The Morgan fingerprint density at radius 3 is 2.11 bits per heavy atom. The SMILES string of the molecule is CC[NH+](CC)CCCN. The molecule has 0 aromatic rings. The van der Waals surface area contributed by atoms with Gasteiger partial charge >= 0.3 is 0 Å². The molecule has 0 rings (SSSR count). The fraction of sp³-hybridized carbons (Fsp3) is 1.00. The Morgan fingerprint density at radius 1 is 1.22 bits per heavy atom. The van der Waals surface area contributed by atoms with Gasteiger partial charge in [-0.05, 0) is 20.4 Å². The molecule has 0 unspecified atom stereocenters. The van der Waals surface area contributed by atoms with Crippen molar-refractivity contribution in [3.8, 4) is 0 Å². The lowest BCUT2D eigenvalue weighted by Crippen LogP contribution is -3.11. The van der Waals surface area contributed by atoms with Crippen LogP contribution in [0.15, 0.2) is 0 Å². The van der Waals surface area contributed by atoms with E-state index in [0.29, 0.717) is 0 Å². The van der Waals surface area contributed by atoms with Gasteiger partial charge in [-0.2, -0.15) is 0 Å². The van der Waals surface area contributed by atoms with E-state index in [2.05, 4.69) is 13.8 Å². The van der Waals surface area contributed by atoms with Gasteiger partial charge in [-0.1, -0.05) is 0 Å². The summed E-state index contributed by atoms with van der Waals surface area (Å²) in [6.45, 7) is 8.98. The van der Waals surface area contributed by atoms with Crippen LogP contribution in [-0.2, 0) is 0 Å². The lowest BCUT2D eigenvalue weighted by Gasteiger charge is -2.13. The molecule has 0 saturated carbocycles. The van der Waals surface area contributed by atoms with Crippen molar-refractivity contribution in [3.63, 3.8) is 0 Å². The second-order valence-electron chi connectivity index (χ2n) is 2.35. The molecule has 0 aliphatic rings. The van der Waals surface area contributed by atoms with E-state index in [1.54, 1.807) is 4.90 Å². The Hall–Kier alpha value is -0.0800. The minimum absolute atomic E-state index is 0.837. The number of hydrogen-bond acceptors (Lipinski definition) is 1. The second kappa shape index (κ2) is 6.05. The summed E-state index contributed by atoms with van der Waals surface area (Å²) in [5, 5.41) is 0. The zero-order valence-electron chi connectivity index (χ0n) is 6.61. The van der Waals surface area contributed by atoms with Crippen molar-refractivity contribution >= 4 is 0 Å². The molecule has 0 radical (unpaired) electrons. The molecule has 0 aliphatic heterocycles. The van der Waals surface area contributed by atoms with Crippen molar-refractivity contribution < 1.29 is 4.90 Å². The highest BCUT2D eigenvalue weighted by molar-refractivity contribution is 4.32. The fourth-order valence-electron chi connectivity index (χ4n) is 0.956. The molecule has 2 heteroatoms. The van der Waals surface area contributed by atoms with E-state index in [1.165, 1.54) is 19.6 Å². The first-order valence-electron chi connectivity index (χ1n) is 3.88. The van der Waals surface area contributed by atoms with Gasteiger partial charge in [0.2, 0.25) is 0 Å². The fourth-order valence-corrected chi connectivity index (χ4v) is 0.956. The van der Waals surface area contributed by atoms with Crippen LogP contribution in [0.5, 0.6) is 0 Å². The van der Waals surface area contributed by atoms with Gasteiger partial charge in [0.1, 0.15) is 0 Å². The van der Waals surface area contributed by atoms with E-state index in [0.717, 1.165) is 13.0 Å². The summed E-state index contributed by atoms with van der Waals surface area (Å²) in [6.07, 6.45) is 1.16. The Balaban J connectivity index is 3.09. The topological polar surface area (TPSA) is 30.5 Å². The summed E-state index contributed by atoms with van der Waals surface area (Å²) in [5.41, 5.74) is 5.37. The quantitative estimate of drug-likeness (QED) is 0.506. The third-order valence-corrected chi connectivity index (χ3v) is 1.73. The summed E-state index contributed by atoms with van der Waals surface area (Å²) in [7, 11) is 0. The van der Waals surface area contributed by atoms with Crippen molar-refractivity contribution in [2.24, 2.45) is 5.73 Å². The maximum absolute atomic E-state index is 5.37. The normalized spacial score (nSPS) is 10.7. The van der Waals surface area contributed by atoms with Crippen molar-refractivity contribution in [2.75, 3.05) is 26.2 Å². The van der Waals surface area contributed by atoms with Gasteiger partial charge in [0.15, 0.2) is 0 Å². The molecule has 9 heavy (non-hydrogen) atoms. The number of rotatable bonds is 5. The average molecular weight is 131 g/mol. The predicted molar refractivity (Wildman–Crippen MR) is 40.6 cm³/mol. The summed E-state index contributed by atoms with van der Waals surface area (Å²) in [4.78, 5) is 1.65. The van der Waals surface area contributed by atoms with Crippen LogP contribution in [-0.4, -0.2) is 26.2 Å². The molecule has 0 bridgehead atoms. The van der Waals surface area contributed by atoms with Crippen molar-refractivity contribution in [2.45, 2.75) is 20.3 Å². The van der Waals surface area contributed by atoms with Gasteiger partial charge in [-0.3, -0.25) is 0 Å². The molecule has 0 fully saturated rings. The van der Waals surface area contributed by atoms with E-state index in [9.17, 15) is 0 Å². The number of quaternary nitrogens is 1. The molecule has 0 amide bonds. The van der Waals surface area contributed by atoms with Crippen molar-refractivity contribution in [1.29, 1.82) is 0 Å². The lowest BCUT2D eigenvalue weighted by molar-refractivity contribution is -0.896. The average Bonchev–Trinajstić information content (AvgIpc) is 1.91. The Labute approximate surface area is 58.0 Å². The van der Waals surface area contributed by atoms with E-state index < -0.39 is 0 Å². The summed E-state index contributed by atoms with van der Waals surface area (Å²) in [5.74, 6) is 0. The first-order valence-corrected chi connectivity index (χ1v) is 3.88. The molecule has 0 heterocycles. The minimum Gasteiger partial charge on any atom is -0.335 e. The Bertz CT molecular complexity index is 50.9. The monoisotopic (exact) mass is 131 g/mol. The summed E-state index contributed by atoms with van der Waals surface area (Å²) in [6, 6.07) is 0. The number of nitrogens with one attached hydrogen (secondary N) is 1. The molecular weight excluding hydrogens is 112 g/mol. The van der Waals surface area contributed by atoms with Crippen LogP contribution in [0.3, 0.4) is 0 Å². The predicted octanol–water partition coefficient (Wildman–Crippen LogP) is -0.740. The van der Waals surface area contributed by atoms with E-state index in [4.69, 9.17) is 5.73 Å².